The van der Waals surface area contributed by atoms with E-state index >= 15 is 0 Å². The second kappa shape index (κ2) is 4.33. The maximum absolute atomic E-state index is 11.4. The molecular formula is C13H13NO3. The summed E-state index contributed by atoms with van der Waals surface area (Å²) in [5.41, 5.74) is 1.69. The van der Waals surface area contributed by atoms with Crippen molar-refractivity contribution in [1.82, 2.24) is 4.73 Å². The van der Waals surface area contributed by atoms with E-state index in [1.54, 1.807) is 31.2 Å². The number of aromatic nitrogens is 1. The number of benzene rings is 1. The molecule has 4 nitrogen and oxygen atoms in total. The van der Waals surface area contributed by atoms with Crippen LogP contribution in [0, 0.1) is 6.92 Å². The van der Waals surface area contributed by atoms with E-state index < -0.39 is 5.56 Å². The highest BCUT2D eigenvalue weighted by Gasteiger charge is 2.05. The highest BCUT2D eigenvalue weighted by atomic mass is 16.5. The molecule has 0 atom stereocenters. The van der Waals surface area contributed by atoms with Gasteiger partial charge >= 0.3 is 0 Å². The summed E-state index contributed by atoms with van der Waals surface area (Å²) in [5, 5.41) is 18.9. The van der Waals surface area contributed by atoms with Crippen molar-refractivity contribution < 1.29 is 10.3 Å². The molecule has 0 radical (unpaired) electrons. The van der Waals surface area contributed by atoms with E-state index in [9.17, 15) is 15.1 Å². The molecule has 1 aromatic carbocycles. The van der Waals surface area contributed by atoms with Gasteiger partial charge in [0.2, 0.25) is 0 Å². The van der Waals surface area contributed by atoms with Crippen LogP contribution in [0.1, 0.15) is 16.8 Å². The van der Waals surface area contributed by atoms with Crippen molar-refractivity contribution in [3.8, 4) is 5.75 Å². The minimum atomic E-state index is -0.444. The molecule has 0 spiro atoms. The predicted molar refractivity (Wildman–Crippen MR) is 63.5 cm³/mol. The molecule has 88 valence electrons. The average Bonchev–Trinajstić information content (AvgIpc) is 2.25. The van der Waals surface area contributed by atoms with Crippen LogP contribution in [-0.2, 0) is 6.42 Å². The fourth-order valence-corrected chi connectivity index (χ4v) is 1.76. The number of hydrogen-bond acceptors (Lipinski definition) is 3. The van der Waals surface area contributed by atoms with Gasteiger partial charge in [-0.25, -0.2) is 0 Å². The highest BCUT2D eigenvalue weighted by Crippen LogP contribution is 2.14. The van der Waals surface area contributed by atoms with E-state index in [2.05, 4.69) is 0 Å². The lowest BCUT2D eigenvalue weighted by Crippen LogP contribution is -2.21. The number of aromatic hydroxyl groups is 1. The Balaban J connectivity index is 2.39. The van der Waals surface area contributed by atoms with Gasteiger partial charge < -0.3 is 10.3 Å². The Morgan fingerprint density at radius 3 is 2.71 bits per heavy atom. The predicted octanol–water partition coefficient (Wildman–Crippen LogP) is 1.69. The second-order valence-corrected chi connectivity index (χ2v) is 4.02. The van der Waals surface area contributed by atoms with Gasteiger partial charge in [0, 0.05) is 12.5 Å². The quantitative estimate of drug-likeness (QED) is 0.773. The summed E-state index contributed by atoms with van der Waals surface area (Å²) in [7, 11) is 0. The van der Waals surface area contributed by atoms with Crippen LogP contribution in [0.4, 0.5) is 0 Å². The first-order valence-electron chi connectivity index (χ1n) is 5.26. The smallest absolute Gasteiger partial charge is 0.283 e. The maximum atomic E-state index is 11.4. The van der Waals surface area contributed by atoms with Gasteiger partial charge in [0.05, 0.1) is 5.69 Å². The Morgan fingerprint density at radius 2 is 2.00 bits per heavy atom. The molecular weight excluding hydrogens is 218 g/mol. The monoisotopic (exact) mass is 231 g/mol. The summed E-state index contributed by atoms with van der Waals surface area (Å²) in [6, 6.07) is 9.84. The van der Waals surface area contributed by atoms with Crippen LogP contribution < -0.4 is 5.56 Å². The summed E-state index contributed by atoms with van der Waals surface area (Å²) in [6.45, 7) is 1.80. The molecule has 0 aliphatic carbocycles. The third-order valence-corrected chi connectivity index (χ3v) is 2.52. The molecule has 0 unspecified atom stereocenters. The number of aryl methyl sites for hydroxylation is 1. The van der Waals surface area contributed by atoms with Gasteiger partial charge in [0.1, 0.15) is 5.75 Å². The van der Waals surface area contributed by atoms with Crippen molar-refractivity contribution in [2.75, 3.05) is 0 Å². The second-order valence-electron chi connectivity index (χ2n) is 4.02. The first-order chi connectivity index (χ1) is 8.06. The Morgan fingerprint density at radius 1 is 1.24 bits per heavy atom. The summed E-state index contributed by atoms with van der Waals surface area (Å²) < 4.78 is 0.636. The van der Waals surface area contributed by atoms with Crippen molar-refractivity contribution in [1.29, 1.82) is 0 Å². The molecule has 4 heteroatoms. The molecule has 0 saturated heterocycles. The van der Waals surface area contributed by atoms with Crippen LogP contribution in [0.2, 0.25) is 0 Å². The molecule has 0 aliphatic heterocycles. The SMILES string of the molecule is Cc1cc(Cc2cccc(O)c2)n(O)c(=O)c1. The van der Waals surface area contributed by atoms with E-state index in [0.29, 0.717) is 16.8 Å². The zero-order chi connectivity index (χ0) is 12.4. The largest absolute Gasteiger partial charge is 0.508 e. The van der Waals surface area contributed by atoms with E-state index in [0.717, 1.165) is 11.1 Å². The molecule has 0 bridgehead atoms. The molecule has 0 aliphatic rings. The van der Waals surface area contributed by atoms with Gasteiger partial charge in [-0.05, 0) is 36.2 Å². The van der Waals surface area contributed by atoms with Crippen LogP contribution in [0.25, 0.3) is 0 Å². The number of phenolic OH excluding ortho intramolecular Hbond substituents is 1. The van der Waals surface area contributed by atoms with Crippen LogP contribution in [-0.4, -0.2) is 15.0 Å². The van der Waals surface area contributed by atoms with Crippen molar-refractivity contribution in [3.63, 3.8) is 0 Å². The van der Waals surface area contributed by atoms with Crippen molar-refractivity contribution in [3.05, 3.63) is 63.6 Å². The van der Waals surface area contributed by atoms with Gasteiger partial charge in [0.15, 0.2) is 0 Å². The third kappa shape index (κ3) is 2.47. The molecule has 0 amide bonds. The molecule has 17 heavy (non-hydrogen) atoms. The summed E-state index contributed by atoms with van der Waals surface area (Å²) in [5.74, 6) is 0.169. The zero-order valence-electron chi connectivity index (χ0n) is 9.42. The molecule has 1 aromatic heterocycles. The lowest BCUT2D eigenvalue weighted by atomic mass is 10.1. The van der Waals surface area contributed by atoms with Gasteiger partial charge in [-0.3, -0.25) is 4.79 Å². The molecule has 2 aromatic rings. The maximum Gasteiger partial charge on any atom is 0.283 e. The van der Waals surface area contributed by atoms with Gasteiger partial charge in [-0.1, -0.05) is 12.1 Å². The average molecular weight is 231 g/mol. The van der Waals surface area contributed by atoms with Crippen molar-refractivity contribution in [2.24, 2.45) is 0 Å². The topological polar surface area (TPSA) is 62.5 Å². The van der Waals surface area contributed by atoms with Crippen molar-refractivity contribution in [2.45, 2.75) is 13.3 Å². The molecule has 1 heterocycles. The Bertz CT molecular complexity index is 602. The minimum absolute atomic E-state index is 0.169. The summed E-state index contributed by atoms with van der Waals surface area (Å²) >= 11 is 0. The highest BCUT2D eigenvalue weighted by molar-refractivity contribution is 5.30. The van der Waals surface area contributed by atoms with Gasteiger partial charge in [-0.15, -0.1) is 0 Å². The van der Waals surface area contributed by atoms with Crippen molar-refractivity contribution >= 4 is 0 Å². The number of phenols is 1. The Labute approximate surface area is 98.4 Å². The van der Waals surface area contributed by atoms with Gasteiger partial charge in [0.25, 0.3) is 5.56 Å². The summed E-state index contributed by atoms with van der Waals surface area (Å²) in [6.07, 6.45) is 0.391. The lowest BCUT2D eigenvalue weighted by molar-refractivity contribution is 0.166. The van der Waals surface area contributed by atoms with Crippen LogP contribution >= 0.6 is 0 Å². The fourth-order valence-electron chi connectivity index (χ4n) is 1.76. The van der Waals surface area contributed by atoms with Crippen LogP contribution in [0.15, 0.2) is 41.2 Å². The minimum Gasteiger partial charge on any atom is -0.508 e. The number of nitrogens with zero attached hydrogens (tertiary/aromatic N) is 1. The zero-order valence-corrected chi connectivity index (χ0v) is 9.42. The van der Waals surface area contributed by atoms with Crippen LogP contribution in [0.5, 0.6) is 5.75 Å². The fraction of sp³-hybridized carbons (Fsp3) is 0.154. The van der Waals surface area contributed by atoms with E-state index in [1.165, 1.54) is 6.07 Å². The third-order valence-electron chi connectivity index (χ3n) is 2.52. The van der Waals surface area contributed by atoms with Gasteiger partial charge in [-0.2, -0.15) is 4.73 Å². The molecule has 0 fully saturated rings. The molecule has 2 rings (SSSR count). The van der Waals surface area contributed by atoms with E-state index in [-0.39, 0.29) is 5.75 Å². The molecule has 2 N–H and O–H groups in total. The Hall–Kier alpha value is -2.23. The first kappa shape index (κ1) is 11.3. The summed E-state index contributed by atoms with van der Waals surface area (Å²) in [4.78, 5) is 11.4. The van der Waals surface area contributed by atoms with E-state index in [1.807, 2.05) is 6.07 Å². The normalized spacial score (nSPS) is 10.4. The number of hydrogen-bond donors (Lipinski definition) is 2. The molecule has 0 saturated carbocycles. The number of pyridine rings is 1. The Kier molecular flexibility index (Phi) is 2.87. The van der Waals surface area contributed by atoms with E-state index in [4.69, 9.17) is 0 Å². The first-order valence-corrected chi connectivity index (χ1v) is 5.26. The van der Waals surface area contributed by atoms with Crippen LogP contribution in [0.3, 0.4) is 0 Å². The number of rotatable bonds is 2. The standard InChI is InChI=1S/C13H13NO3/c1-9-5-11(14(17)13(16)6-9)7-10-3-2-4-12(15)8-10/h2-6,8,15,17H,7H2,1H3. The lowest BCUT2D eigenvalue weighted by Gasteiger charge is -2.07.